The third-order valence-corrected chi connectivity index (χ3v) is 1.01. The average Bonchev–Trinajstić information content (AvgIpc) is 1.99. The maximum absolute atomic E-state index is 8.19. The van der Waals surface area contributed by atoms with E-state index in [1.807, 2.05) is 0 Å². The summed E-state index contributed by atoms with van der Waals surface area (Å²) in [6, 6.07) is 1.88. The Labute approximate surface area is 69.0 Å². The van der Waals surface area contributed by atoms with Crippen molar-refractivity contribution < 1.29 is 4.74 Å². The lowest BCUT2D eigenvalue weighted by Crippen LogP contribution is -2.05. The first-order valence-corrected chi connectivity index (χ1v) is 3.20. The zero-order valence-corrected chi connectivity index (χ0v) is 6.48. The molecule has 0 aromatic carbocycles. The molecule has 0 saturated carbocycles. The number of hydrogen-bond donors (Lipinski definition) is 1. The molecule has 0 aliphatic carbocycles. The second-order valence-electron chi connectivity index (χ2n) is 1.97. The van der Waals surface area contributed by atoms with Crippen molar-refractivity contribution in [3.63, 3.8) is 0 Å². The van der Waals surface area contributed by atoms with Gasteiger partial charge in [0.05, 0.1) is 0 Å². The van der Waals surface area contributed by atoms with Crippen molar-refractivity contribution in [3.05, 3.63) is 5.82 Å². The number of aryl methyl sites for hydroxylation is 1. The SMILES string of the molecule is Cc1nc(N)nc(OCC#N)n1. The van der Waals surface area contributed by atoms with Crippen molar-refractivity contribution in [3.8, 4) is 12.1 Å². The van der Waals surface area contributed by atoms with E-state index in [9.17, 15) is 0 Å². The molecule has 0 amide bonds. The van der Waals surface area contributed by atoms with Crippen molar-refractivity contribution >= 4 is 5.95 Å². The van der Waals surface area contributed by atoms with E-state index in [1.54, 1.807) is 13.0 Å². The molecular weight excluding hydrogens is 158 g/mol. The highest BCUT2D eigenvalue weighted by Gasteiger charge is 2.00. The van der Waals surface area contributed by atoms with E-state index in [0.717, 1.165) is 0 Å². The summed E-state index contributed by atoms with van der Waals surface area (Å²) in [6.07, 6.45) is 0. The molecule has 0 spiro atoms. The van der Waals surface area contributed by atoms with Crippen molar-refractivity contribution in [2.24, 2.45) is 0 Å². The minimum atomic E-state index is -0.0944. The Bertz CT molecular complexity index is 298. The van der Waals surface area contributed by atoms with Crippen LogP contribution in [0.5, 0.6) is 6.01 Å². The number of hydrogen-bond acceptors (Lipinski definition) is 6. The van der Waals surface area contributed by atoms with Gasteiger partial charge in [0.2, 0.25) is 5.95 Å². The first kappa shape index (κ1) is 8.20. The lowest BCUT2D eigenvalue weighted by atomic mass is 10.7. The first-order valence-electron chi connectivity index (χ1n) is 3.20. The number of anilines is 1. The van der Waals surface area contributed by atoms with Gasteiger partial charge in [-0.2, -0.15) is 20.2 Å². The standard InChI is InChI=1S/C6H7N5O/c1-4-9-5(8)11-6(10-4)12-3-2-7/h3H2,1H3,(H2,8,9,10,11). The first-order chi connectivity index (χ1) is 5.72. The third kappa shape index (κ3) is 2.05. The second-order valence-corrected chi connectivity index (χ2v) is 1.97. The number of nitrogens with two attached hydrogens (primary N) is 1. The van der Waals surface area contributed by atoms with Crippen molar-refractivity contribution in [1.82, 2.24) is 15.0 Å². The topological polar surface area (TPSA) is 97.7 Å². The predicted octanol–water partition coefficient (Wildman–Crippen LogP) is -0.335. The molecule has 0 saturated heterocycles. The molecule has 1 heterocycles. The summed E-state index contributed by atoms with van der Waals surface area (Å²) >= 11 is 0. The van der Waals surface area contributed by atoms with Crippen LogP contribution >= 0.6 is 0 Å². The van der Waals surface area contributed by atoms with E-state index in [2.05, 4.69) is 15.0 Å². The van der Waals surface area contributed by atoms with Crippen LogP contribution in [0.15, 0.2) is 0 Å². The predicted molar refractivity (Wildman–Crippen MR) is 40.1 cm³/mol. The summed E-state index contributed by atoms with van der Waals surface area (Å²) in [5.41, 5.74) is 5.31. The van der Waals surface area contributed by atoms with Crippen LogP contribution in [-0.4, -0.2) is 21.6 Å². The Morgan fingerprint density at radius 3 is 2.83 bits per heavy atom. The summed E-state index contributed by atoms with van der Waals surface area (Å²) in [6.45, 7) is 1.57. The van der Waals surface area contributed by atoms with Gasteiger partial charge in [-0.25, -0.2) is 0 Å². The fourth-order valence-corrected chi connectivity index (χ4v) is 0.639. The smallest absolute Gasteiger partial charge is 0.322 e. The van der Waals surface area contributed by atoms with E-state index in [4.69, 9.17) is 15.7 Å². The molecule has 12 heavy (non-hydrogen) atoms. The Balaban J connectivity index is 2.80. The molecule has 0 aliphatic heterocycles. The van der Waals surface area contributed by atoms with Gasteiger partial charge in [0.1, 0.15) is 11.9 Å². The minimum absolute atomic E-state index is 0.0848. The number of nitrogen functional groups attached to an aromatic ring is 1. The van der Waals surface area contributed by atoms with Gasteiger partial charge in [-0.15, -0.1) is 0 Å². The summed E-state index contributed by atoms with van der Waals surface area (Å²) in [5.74, 6) is 0.561. The van der Waals surface area contributed by atoms with E-state index in [1.165, 1.54) is 0 Å². The normalized spacial score (nSPS) is 9.00. The van der Waals surface area contributed by atoms with E-state index >= 15 is 0 Å². The number of nitriles is 1. The van der Waals surface area contributed by atoms with Gasteiger partial charge in [0.25, 0.3) is 0 Å². The summed E-state index contributed by atoms with van der Waals surface area (Å²) < 4.78 is 4.81. The molecular formula is C6H7N5O. The molecule has 0 fully saturated rings. The van der Waals surface area contributed by atoms with E-state index < -0.39 is 0 Å². The molecule has 0 aliphatic rings. The van der Waals surface area contributed by atoms with Crippen LogP contribution < -0.4 is 10.5 Å². The number of nitrogens with zero attached hydrogens (tertiary/aromatic N) is 4. The fraction of sp³-hybridized carbons (Fsp3) is 0.333. The molecule has 6 nitrogen and oxygen atoms in total. The molecule has 62 valence electrons. The van der Waals surface area contributed by atoms with Gasteiger partial charge >= 0.3 is 6.01 Å². The molecule has 1 aromatic heterocycles. The Kier molecular flexibility index (Phi) is 2.38. The van der Waals surface area contributed by atoms with Crippen molar-refractivity contribution in [1.29, 1.82) is 5.26 Å². The molecule has 0 bridgehead atoms. The monoisotopic (exact) mass is 165 g/mol. The second kappa shape index (κ2) is 3.48. The van der Waals surface area contributed by atoms with Gasteiger partial charge in [-0.3, -0.25) is 0 Å². The molecule has 0 radical (unpaired) electrons. The largest absolute Gasteiger partial charge is 0.448 e. The highest BCUT2D eigenvalue weighted by Crippen LogP contribution is 2.03. The molecule has 1 aromatic rings. The molecule has 0 unspecified atom stereocenters. The number of ether oxygens (including phenoxy) is 1. The molecule has 1 rings (SSSR count). The zero-order valence-electron chi connectivity index (χ0n) is 6.48. The Hall–Kier alpha value is -1.90. The Morgan fingerprint density at radius 1 is 1.50 bits per heavy atom. The van der Waals surface area contributed by atoms with Crippen LogP contribution in [0.3, 0.4) is 0 Å². The van der Waals surface area contributed by atoms with Crippen LogP contribution in [0.2, 0.25) is 0 Å². The third-order valence-electron chi connectivity index (χ3n) is 1.01. The van der Waals surface area contributed by atoms with E-state index in [0.29, 0.717) is 5.82 Å². The van der Waals surface area contributed by atoms with Gasteiger partial charge in [0, 0.05) is 0 Å². The van der Waals surface area contributed by atoms with Crippen LogP contribution in [-0.2, 0) is 0 Å². The number of rotatable bonds is 2. The number of aromatic nitrogens is 3. The fourth-order valence-electron chi connectivity index (χ4n) is 0.639. The van der Waals surface area contributed by atoms with Crippen LogP contribution in [0.25, 0.3) is 0 Å². The zero-order chi connectivity index (χ0) is 8.97. The van der Waals surface area contributed by atoms with Crippen LogP contribution in [0.4, 0.5) is 5.95 Å². The van der Waals surface area contributed by atoms with Gasteiger partial charge in [-0.05, 0) is 6.92 Å². The minimum Gasteiger partial charge on any atom is -0.448 e. The lowest BCUT2D eigenvalue weighted by molar-refractivity contribution is 0.336. The maximum Gasteiger partial charge on any atom is 0.322 e. The van der Waals surface area contributed by atoms with E-state index in [-0.39, 0.29) is 18.6 Å². The maximum atomic E-state index is 8.19. The van der Waals surface area contributed by atoms with Crippen LogP contribution in [0.1, 0.15) is 5.82 Å². The highest BCUT2D eigenvalue weighted by molar-refractivity contribution is 5.17. The van der Waals surface area contributed by atoms with Gasteiger partial charge in [0.15, 0.2) is 6.61 Å². The van der Waals surface area contributed by atoms with Crippen LogP contribution in [0, 0.1) is 18.3 Å². The van der Waals surface area contributed by atoms with Gasteiger partial charge in [-0.1, -0.05) is 0 Å². The summed E-state index contributed by atoms with van der Waals surface area (Å²) in [5, 5.41) is 8.19. The Morgan fingerprint density at radius 2 is 2.25 bits per heavy atom. The molecule has 2 N–H and O–H groups in total. The molecule has 0 atom stereocenters. The van der Waals surface area contributed by atoms with Crippen molar-refractivity contribution in [2.75, 3.05) is 12.3 Å². The average molecular weight is 165 g/mol. The van der Waals surface area contributed by atoms with Crippen molar-refractivity contribution in [2.45, 2.75) is 6.92 Å². The summed E-state index contributed by atoms with van der Waals surface area (Å²) in [7, 11) is 0. The lowest BCUT2D eigenvalue weighted by Gasteiger charge is -1.99. The summed E-state index contributed by atoms with van der Waals surface area (Å²) in [4.78, 5) is 11.2. The molecule has 6 heteroatoms. The quantitative estimate of drug-likeness (QED) is 0.644. The highest BCUT2D eigenvalue weighted by atomic mass is 16.5. The van der Waals surface area contributed by atoms with Gasteiger partial charge < -0.3 is 10.5 Å².